The highest BCUT2D eigenvalue weighted by molar-refractivity contribution is 5.33. The van der Waals surface area contributed by atoms with Crippen LogP contribution in [0, 0.1) is 5.82 Å². The van der Waals surface area contributed by atoms with Crippen LogP contribution in [0.5, 0.6) is 5.75 Å². The second-order valence-electron chi connectivity index (χ2n) is 3.84. The molecule has 2 aromatic rings. The van der Waals surface area contributed by atoms with Gasteiger partial charge in [0.2, 0.25) is 0 Å². The first kappa shape index (κ1) is 12.5. The smallest absolute Gasteiger partial charge is 0.132 e. The number of nitrogens with zero attached hydrogens (tertiary/aromatic N) is 3. The van der Waals surface area contributed by atoms with E-state index >= 15 is 0 Å². The average molecular weight is 250 g/mol. The maximum atomic E-state index is 13.9. The Labute approximate surface area is 104 Å². The van der Waals surface area contributed by atoms with E-state index in [0.717, 1.165) is 0 Å². The normalized spacial score (nSPS) is 12.4. The van der Waals surface area contributed by atoms with Crippen LogP contribution in [0.25, 0.3) is 0 Å². The van der Waals surface area contributed by atoms with Gasteiger partial charge < -0.3 is 10.5 Å². The number of methoxy groups -OCH3 is 1. The molecule has 0 saturated carbocycles. The molecule has 1 atom stereocenters. The van der Waals surface area contributed by atoms with E-state index in [1.165, 1.54) is 13.2 Å². The van der Waals surface area contributed by atoms with Crippen LogP contribution in [0.3, 0.4) is 0 Å². The summed E-state index contributed by atoms with van der Waals surface area (Å²) in [7, 11) is 1.49. The molecule has 18 heavy (non-hydrogen) atoms. The largest absolute Gasteiger partial charge is 0.497 e. The Bertz CT molecular complexity index is 541. The van der Waals surface area contributed by atoms with Gasteiger partial charge in [-0.3, -0.25) is 0 Å². The van der Waals surface area contributed by atoms with E-state index in [1.54, 1.807) is 23.0 Å². The molecule has 96 valence electrons. The fraction of sp³-hybridized carbons (Fsp3) is 0.333. The van der Waals surface area contributed by atoms with Crippen molar-refractivity contribution in [3.05, 3.63) is 41.5 Å². The van der Waals surface area contributed by atoms with Crippen molar-refractivity contribution in [3.63, 3.8) is 0 Å². The molecule has 0 amide bonds. The Kier molecular flexibility index (Phi) is 3.57. The zero-order chi connectivity index (χ0) is 13.1. The minimum atomic E-state index is -0.592. The molecule has 0 saturated heterocycles. The maximum Gasteiger partial charge on any atom is 0.132 e. The quantitative estimate of drug-likeness (QED) is 0.892. The Hall–Kier alpha value is -1.95. The van der Waals surface area contributed by atoms with E-state index in [-0.39, 0.29) is 0 Å². The Morgan fingerprint density at radius 1 is 1.50 bits per heavy atom. The van der Waals surface area contributed by atoms with Gasteiger partial charge in [-0.2, -0.15) is 0 Å². The molecule has 0 spiro atoms. The highest BCUT2D eigenvalue weighted by atomic mass is 19.1. The van der Waals surface area contributed by atoms with Crippen LogP contribution in [0.2, 0.25) is 0 Å². The zero-order valence-electron chi connectivity index (χ0n) is 10.3. The standard InChI is InChI=1S/C12H15FN4O/c1-3-17-11(7-15-16-17)12(14)9-5-4-8(18-2)6-10(9)13/h4-7,12H,3,14H2,1-2H3. The lowest BCUT2D eigenvalue weighted by Crippen LogP contribution is -2.18. The lowest BCUT2D eigenvalue weighted by atomic mass is 10.0. The number of hydrogen-bond acceptors (Lipinski definition) is 4. The molecule has 1 unspecified atom stereocenters. The topological polar surface area (TPSA) is 66.0 Å². The van der Waals surface area contributed by atoms with Crippen molar-refractivity contribution in [2.75, 3.05) is 7.11 Å². The summed E-state index contributed by atoms with van der Waals surface area (Å²) in [5.41, 5.74) is 7.13. The molecule has 0 bridgehead atoms. The summed E-state index contributed by atoms with van der Waals surface area (Å²) < 4.78 is 20.5. The predicted molar refractivity (Wildman–Crippen MR) is 64.7 cm³/mol. The molecule has 0 radical (unpaired) electrons. The van der Waals surface area contributed by atoms with Crippen molar-refractivity contribution < 1.29 is 9.13 Å². The second kappa shape index (κ2) is 5.14. The third kappa shape index (κ3) is 2.19. The van der Waals surface area contributed by atoms with Crippen LogP contribution >= 0.6 is 0 Å². The van der Waals surface area contributed by atoms with Crippen LogP contribution < -0.4 is 10.5 Å². The van der Waals surface area contributed by atoms with E-state index < -0.39 is 11.9 Å². The van der Waals surface area contributed by atoms with Crippen molar-refractivity contribution in [1.82, 2.24) is 15.0 Å². The van der Waals surface area contributed by atoms with Gasteiger partial charge in [-0.25, -0.2) is 9.07 Å². The number of aryl methyl sites for hydroxylation is 1. The Balaban J connectivity index is 2.37. The summed E-state index contributed by atoms with van der Waals surface area (Å²) in [4.78, 5) is 0. The number of hydrogen-bond donors (Lipinski definition) is 1. The fourth-order valence-corrected chi connectivity index (χ4v) is 1.80. The SMILES string of the molecule is CCn1nncc1C(N)c1ccc(OC)cc1F. The van der Waals surface area contributed by atoms with Crippen molar-refractivity contribution in [2.24, 2.45) is 5.73 Å². The number of nitrogens with two attached hydrogens (primary N) is 1. The molecule has 0 aliphatic heterocycles. The van der Waals surface area contributed by atoms with Gasteiger partial charge in [0, 0.05) is 18.2 Å². The summed E-state index contributed by atoms with van der Waals surface area (Å²) in [6.45, 7) is 2.57. The van der Waals surface area contributed by atoms with E-state index in [4.69, 9.17) is 10.5 Å². The molecule has 1 aromatic heterocycles. The van der Waals surface area contributed by atoms with Gasteiger partial charge in [0.1, 0.15) is 11.6 Å². The van der Waals surface area contributed by atoms with E-state index in [2.05, 4.69) is 10.3 Å². The molecule has 1 heterocycles. The molecule has 0 aliphatic carbocycles. The number of halogens is 1. The first-order valence-corrected chi connectivity index (χ1v) is 5.64. The van der Waals surface area contributed by atoms with Crippen molar-refractivity contribution in [2.45, 2.75) is 19.5 Å². The third-order valence-electron chi connectivity index (χ3n) is 2.81. The first-order valence-electron chi connectivity index (χ1n) is 5.64. The summed E-state index contributed by atoms with van der Waals surface area (Å²) >= 11 is 0. The Morgan fingerprint density at radius 2 is 2.28 bits per heavy atom. The van der Waals surface area contributed by atoms with Gasteiger partial charge in [0.15, 0.2) is 0 Å². The highest BCUT2D eigenvalue weighted by Gasteiger charge is 2.18. The number of aromatic nitrogens is 3. The average Bonchev–Trinajstić information content (AvgIpc) is 2.86. The van der Waals surface area contributed by atoms with Gasteiger partial charge in [-0.15, -0.1) is 5.10 Å². The zero-order valence-corrected chi connectivity index (χ0v) is 10.3. The van der Waals surface area contributed by atoms with Gasteiger partial charge in [-0.1, -0.05) is 11.3 Å². The van der Waals surface area contributed by atoms with Crippen molar-refractivity contribution >= 4 is 0 Å². The summed E-state index contributed by atoms with van der Waals surface area (Å²) in [5, 5.41) is 7.67. The first-order chi connectivity index (χ1) is 8.67. The molecule has 0 aliphatic rings. The predicted octanol–water partition coefficient (Wildman–Crippen LogP) is 1.49. The van der Waals surface area contributed by atoms with E-state index in [0.29, 0.717) is 23.6 Å². The van der Waals surface area contributed by atoms with Crippen molar-refractivity contribution in [3.8, 4) is 5.75 Å². The fourth-order valence-electron chi connectivity index (χ4n) is 1.80. The van der Waals surface area contributed by atoms with Gasteiger partial charge >= 0.3 is 0 Å². The second-order valence-corrected chi connectivity index (χ2v) is 3.84. The maximum absolute atomic E-state index is 13.9. The lowest BCUT2D eigenvalue weighted by molar-refractivity contribution is 0.410. The molecule has 6 heteroatoms. The van der Waals surface area contributed by atoms with Crippen LogP contribution in [0.4, 0.5) is 4.39 Å². The molecule has 0 fully saturated rings. The minimum absolute atomic E-state index is 0.396. The van der Waals surface area contributed by atoms with Gasteiger partial charge in [0.05, 0.1) is 25.0 Å². The van der Waals surface area contributed by atoms with Gasteiger partial charge in [-0.05, 0) is 13.0 Å². The van der Waals surface area contributed by atoms with Crippen LogP contribution in [0.1, 0.15) is 24.2 Å². The monoisotopic (exact) mass is 250 g/mol. The number of ether oxygens (including phenoxy) is 1. The molecule has 2 rings (SSSR count). The van der Waals surface area contributed by atoms with Crippen molar-refractivity contribution in [1.29, 1.82) is 0 Å². The van der Waals surface area contributed by atoms with Crippen LogP contribution in [-0.2, 0) is 6.54 Å². The molecular weight excluding hydrogens is 235 g/mol. The molecule has 2 N–H and O–H groups in total. The van der Waals surface area contributed by atoms with Crippen LogP contribution in [-0.4, -0.2) is 22.1 Å². The molecule has 1 aromatic carbocycles. The molecular formula is C12H15FN4O. The van der Waals surface area contributed by atoms with Crippen LogP contribution in [0.15, 0.2) is 24.4 Å². The summed E-state index contributed by atoms with van der Waals surface area (Å²) in [6.07, 6.45) is 1.55. The molecule has 5 nitrogen and oxygen atoms in total. The number of benzene rings is 1. The summed E-state index contributed by atoms with van der Waals surface area (Å²) in [5.74, 6) is 0.0660. The lowest BCUT2D eigenvalue weighted by Gasteiger charge is -2.14. The van der Waals surface area contributed by atoms with Gasteiger partial charge in [0.25, 0.3) is 0 Å². The van der Waals surface area contributed by atoms with E-state index in [1.807, 2.05) is 6.92 Å². The summed E-state index contributed by atoms with van der Waals surface area (Å²) in [6, 6.07) is 4.02. The van der Waals surface area contributed by atoms with E-state index in [9.17, 15) is 4.39 Å². The highest BCUT2D eigenvalue weighted by Crippen LogP contribution is 2.24. The Morgan fingerprint density at radius 3 is 2.89 bits per heavy atom. The third-order valence-corrected chi connectivity index (χ3v) is 2.81. The minimum Gasteiger partial charge on any atom is -0.497 e. The number of rotatable bonds is 4.